The van der Waals surface area contributed by atoms with E-state index in [0.29, 0.717) is 18.2 Å². The number of aromatic hydroxyl groups is 1. The molecule has 0 atom stereocenters. The second kappa shape index (κ2) is 11.5. The van der Waals surface area contributed by atoms with Crippen LogP contribution in [0.15, 0.2) is 85.0 Å². The summed E-state index contributed by atoms with van der Waals surface area (Å²) in [6.07, 6.45) is 17.1. The van der Waals surface area contributed by atoms with Gasteiger partial charge >= 0.3 is 0 Å². The molecular weight excluding hydrogens is 442 g/mol. The lowest BCUT2D eigenvalue weighted by Crippen LogP contribution is -2.19. The van der Waals surface area contributed by atoms with Gasteiger partial charge in [0, 0.05) is 23.4 Å². The van der Waals surface area contributed by atoms with Gasteiger partial charge in [-0.3, -0.25) is 0 Å². The summed E-state index contributed by atoms with van der Waals surface area (Å²) in [5.74, 6) is 1.77. The van der Waals surface area contributed by atoms with Crippen LogP contribution in [0.3, 0.4) is 0 Å². The van der Waals surface area contributed by atoms with E-state index in [1.807, 2.05) is 18.2 Å². The van der Waals surface area contributed by atoms with Gasteiger partial charge in [-0.2, -0.15) is 0 Å². The van der Waals surface area contributed by atoms with Gasteiger partial charge in [0.25, 0.3) is 0 Å². The molecular formula is C33H37NO2. The number of allylic oxidation sites excluding steroid dienone is 3. The number of hydrogen-bond acceptors (Lipinski definition) is 3. The minimum absolute atomic E-state index is 0.296. The Morgan fingerprint density at radius 2 is 1.61 bits per heavy atom. The van der Waals surface area contributed by atoms with Crippen molar-refractivity contribution in [1.29, 1.82) is 0 Å². The Balaban J connectivity index is 1.54. The van der Waals surface area contributed by atoms with Crippen molar-refractivity contribution in [1.82, 2.24) is 0 Å². The van der Waals surface area contributed by atoms with Crippen molar-refractivity contribution in [3.05, 3.63) is 96.1 Å². The SMILES string of the molecule is Cc1cc(-c2ccccc2OCC2CCCCC2)c(O)c(N2C/C=C\C/C=C\Cc3ccccc32)c1. The predicted octanol–water partition coefficient (Wildman–Crippen LogP) is 8.52. The summed E-state index contributed by atoms with van der Waals surface area (Å²) in [7, 11) is 0. The minimum atomic E-state index is 0.296. The van der Waals surface area contributed by atoms with Crippen LogP contribution in [0.25, 0.3) is 11.1 Å². The van der Waals surface area contributed by atoms with Crippen LogP contribution < -0.4 is 9.64 Å². The molecule has 3 aromatic rings. The molecule has 1 aliphatic heterocycles. The number of phenolic OH excluding ortho intramolecular Hbond substituents is 1. The third-order valence-corrected chi connectivity index (χ3v) is 7.42. The van der Waals surface area contributed by atoms with E-state index in [2.05, 4.69) is 78.6 Å². The lowest BCUT2D eigenvalue weighted by Gasteiger charge is -2.28. The predicted molar refractivity (Wildman–Crippen MR) is 150 cm³/mol. The van der Waals surface area contributed by atoms with Crippen molar-refractivity contribution in [2.45, 2.75) is 51.9 Å². The number of phenols is 1. The molecule has 1 N–H and O–H groups in total. The molecule has 186 valence electrons. The Bertz CT molecular complexity index is 1240. The maximum Gasteiger partial charge on any atom is 0.147 e. The third kappa shape index (κ3) is 5.51. The van der Waals surface area contributed by atoms with E-state index in [1.54, 1.807) is 0 Å². The van der Waals surface area contributed by atoms with Gasteiger partial charge in [-0.15, -0.1) is 0 Å². The summed E-state index contributed by atoms with van der Waals surface area (Å²) >= 11 is 0. The number of ether oxygens (including phenoxy) is 1. The van der Waals surface area contributed by atoms with E-state index in [0.717, 1.165) is 53.3 Å². The molecule has 1 heterocycles. The molecule has 1 aliphatic carbocycles. The molecule has 1 fully saturated rings. The number of aryl methyl sites for hydroxylation is 1. The Labute approximate surface area is 215 Å². The van der Waals surface area contributed by atoms with Crippen LogP contribution >= 0.6 is 0 Å². The number of hydrogen-bond donors (Lipinski definition) is 1. The fraction of sp³-hybridized carbons (Fsp3) is 0.333. The molecule has 0 spiro atoms. The minimum Gasteiger partial charge on any atom is -0.505 e. The molecule has 1 saturated carbocycles. The van der Waals surface area contributed by atoms with Gasteiger partial charge in [-0.25, -0.2) is 0 Å². The van der Waals surface area contributed by atoms with Crippen molar-refractivity contribution < 1.29 is 9.84 Å². The highest BCUT2D eigenvalue weighted by atomic mass is 16.5. The van der Waals surface area contributed by atoms with E-state index < -0.39 is 0 Å². The Hall–Kier alpha value is -3.46. The highest BCUT2D eigenvalue weighted by Crippen LogP contribution is 2.45. The maximum absolute atomic E-state index is 11.7. The van der Waals surface area contributed by atoms with E-state index in [1.165, 1.54) is 37.7 Å². The van der Waals surface area contributed by atoms with E-state index >= 15 is 0 Å². The first-order valence-electron chi connectivity index (χ1n) is 13.4. The Morgan fingerprint density at radius 3 is 2.50 bits per heavy atom. The third-order valence-electron chi connectivity index (χ3n) is 7.42. The Kier molecular flexibility index (Phi) is 7.76. The largest absolute Gasteiger partial charge is 0.505 e. The normalized spacial score (nSPS) is 18.3. The maximum atomic E-state index is 11.7. The summed E-state index contributed by atoms with van der Waals surface area (Å²) in [6.45, 7) is 3.54. The number of nitrogens with zero attached hydrogens (tertiary/aromatic N) is 1. The number of fused-ring (bicyclic) bond motifs is 1. The van der Waals surface area contributed by atoms with Crippen LogP contribution in [0.1, 0.15) is 49.7 Å². The summed E-state index contributed by atoms with van der Waals surface area (Å²) in [6, 6.07) is 20.8. The van der Waals surface area contributed by atoms with Crippen molar-refractivity contribution in [3.8, 4) is 22.6 Å². The molecule has 3 nitrogen and oxygen atoms in total. The molecule has 3 aromatic carbocycles. The first-order chi connectivity index (χ1) is 17.7. The van der Waals surface area contributed by atoms with Crippen LogP contribution in [0, 0.1) is 12.8 Å². The van der Waals surface area contributed by atoms with E-state index in [-0.39, 0.29) is 0 Å². The molecule has 0 radical (unpaired) electrons. The highest BCUT2D eigenvalue weighted by Gasteiger charge is 2.21. The molecule has 5 rings (SSSR count). The molecule has 0 amide bonds. The van der Waals surface area contributed by atoms with Crippen molar-refractivity contribution in [3.63, 3.8) is 0 Å². The lowest BCUT2D eigenvalue weighted by atomic mass is 9.90. The van der Waals surface area contributed by atoms with E-state index in [9.17, 15) is 5.11 Å². The molecule has 0 saturated heterocycles. The van der Waals surface area contributed by atoms with Crippen LogP contribution in [0.5, 0.6) is 11.5 Å². The first-order valence-corrected chi connectivity index (χ1v) is 13.4. The molecule has 0 bridgehead atoms. The molecule has 0 aromatic heterocycles. The molecule has 36 heavy (non-hydrogen) atoms. The molecule has 3 heteroatoms. The zero-order chi connectivity index (χ0) is 24.7. The molecule has 0 unspecified atom stereocenters. The van der Waals surface area contributed by atoms with Gasteiger partial charge < -0.3 is 14.7 Å². The summed E-state index contributed by atoms with van der Waals surface area (Å²) in [5.41, 5.74) is 6.09. The number of anilines is 2. The summed E-state index contributed by atoms with van der Waals surface area (Å²) < 4.78 is 6.39. The topological polar surface area (TPSA) is 32.7 Å². The van der Waals surface area contributed by atoms with Gasteiger partial charge in [-0.05, 0) is 73.9 Å². The Morgan fingerprint density at radius 1 is 0.833 bits per heavy atom. The number of rotatable bonds is 5. The fourth-order valence-corrected chi connectivity index (χ4v) is 5.48. The van der Waals surface area contributed by atoms with Gasteiger partial charge in [0.2, 0.25) is 0 Å². The van der Waals surface area contributed by atoms with Crippen LogP contribution in [0.2, 0.25) is 0 Å². The second-order valence-corrected chi connectivity index (χ2v) is 10.1. The molecule has 2 aliphatic rings. The van der Waals surface area contributed by atoms with Crippen molar-refractivity contribution >= 4 is 11.4 Å². The van der Waals surface area contributed by atoms with Gasteiger partial charge in [0.15, 0.2) is 0 Å². The van der Waals surface area contributed by atoms with E-state index in [4.69, 9.17) is 4.74 Å². The average molecular weight is 480 g/mol. The standard InChI is InChI=1S/C33H37NO2/c1-25-22-29(28-18-10-12-20-32(28)36-24-26-14-6-5-7-15-26)33(35)31(23-25)34-21-13-4-2-3-8-16-27-17-9-11-19-30(27)34/h3-4,8-13,17-20,22-23,26,35H,2,5-7,14-16,21,24H2,1H3/b8-3-,13-4-. The lowest BCUT2D eigenvalue weighted by molar-refractivity contribution is 0.209. The first kappa shape index (κ1) is 24.2. The smallest absolute Gasteiger partial charge is 0.147 e. The second-order valence-electron chi connectivity index (χ2n) is 10.1. The van der Waals surface area contributed by atoms with Gasteiger partial charge in [0.1, 0.15) is 11.5 Å². The van der Waals surface area contributed by atoms with Crippen molar-refractivity contribution in [2.75, 3.05) is 18.1 Å². The summed E-state index contributed by atoms with van der Waals surface area (Å²) in [4.78, 5) is 2.24. The average Bonchev–Trinajstić information content (AvgIpc) is 2.92. The monoisotopic (exact) mass is 479 g/mol. The highest BCUT2D eigenvalue weighted by molar-refractivity contribution is 5.85. The number of benzene rings is 3. The van der Waals surface area contributed by atoms with Crippen LogP contribution in [-0.4, -0.2) is 18.3 Å². The van der Waals surface area contributed by atoms with Crippen molar-refractivity contribution in [2.24, 2.45) is 5.92 Å². The van der Waals surface area contributed by atoms with Gasteiger partial charge in [-0.1, -0.05) is 80.0 Å². The fourth-order valence-electron chi connectivity index (χ4n) is 5.48. The van der Waals surface area contributed by atoms with Gasteiger partial charge in [0.05, 0.1) is 12.3 Å². The zero-order valence-electron chi connectivity index (χ0n) is 21.3. The zero-order valence-corrected chi connectivity index (χ0v) is 21.3. The van der Waals surface area contributed by atoms with Crippen LogP contribution in [-0.2, 0) is 6.42 Å². The quantitative estimate of drug-likeness (QED) is 0.372. The number of para-hydroxylation sites is 2. The van der Waals surface area contributed by atoms with Crippen LogP contribution in [0.4, 0.5) is 11.4 Å². The summed E-state index contributed by atoms with van der Waals surface area (Å²) in [5, 5.41) is 11.7.